The van der Waals surface area contributed by atoms with Crippen molar-refractivity contribution in [1.82, 2.24) is 24.9 Å². The summed E-state index contributed by atoms with van der Waals surface area (Å²) < 4.78 is 3.74. The molecule has 0 saturated carbocycles. The van der Waals surface area contributed by atoms with Gasteiger partial charge in [0.15, 0.2) is 0 Å². The van der Waals surface area contributed by atoms with E-state index in [9.17, 15) is 4.79 Å². The Balaban J connectivity index is 1.32. The van der Waals surface area contributed by atoms with Crippen molar-refractivity contribution in [2.45, 2.75) is 20.0 Å². The number of aryl methyl sites for hydroxylation is 2. The van der Waals surface area contributed by atoms with Gasteiger partial charge in [0.25, 0.3) is 5.91 Å². The average molecular weight is 442 g/mol. The monoisotopic (exact) mass is 441 g/mol. The Morgan fingerprint density at radius 2 is 1.91 bits per heavy atom. The highest BCUT2D eigenvalue weighted by Gasteiger charge is 2.15. The lowest BCUT2D eigenvalue weighted by Crippen LogP contribution is -2.22. The number of nitrogens with one attached hydrogen (secondary N) is 1. The Labute approximate surface area is 190 Å². The second-order valence-electron chi connectivity index (χ2n) is 7.78. The van der Waals surface area contributed by atoms with Crippen LogP contribution in [-0.2, 0) is 20.1 Å². The van der Waals surface area contributed by atoms with Gasteiger partial charge in [0.1, 0.15) is 4.83 Å². The van der Waals surface area contributed by atoms with E-state index in [0.29, 0.717) is 11.4 Å². The lowest BCUT2D eigenvalue weighted by Gasteiger charge is -2.11. The van der Waals surface area contributed by atoms with Crippen molar-refractivity contribution in [3.8, 4) is 11.1 Å². The molecule has 160 valence electrons. The van der Waals surface area contributed by atoms with E-state index >= 15 is 0 Å². The molecule has 6 nitrogen and oxygen atoms in total. The molecule has 0 aliphatic heterocycles. The molecule has 0 radical (unpaired) electrons. The quantitative estimate of drug-likeness (QED) is 0.412. The van der Waals surface area contributed by atoms with Crippen LogP contribution in [0.1, 0.15) is 26.5 Å². The fraction of sp³-hybridized carbons (Fsp3) is 0.160. The van der Waals surface area contributed by atoms with Crippen LogP contribution in [0.5, 0.6) is 0 Å². The molecule has 3 aromatic heterocycles. The Kier molecular flexibility index (Phi) is 5.33. The zero-order valence-corrected chi connectivity index (χ0v) is 18.8. The summed E-state index contributed by atoms with van der Waals surface area (Å²) in [6.07, 6.45) is 3.75. The van der Waals surface area contributed by atoms with E-state index in [1.54, 1.807) is 6.20 Å². The lowest BCUT2D eigenvalue weighted by molar-refractivity contribution is 0.0955. The van der Waals surface area contributed by atoms with Crippen LogP contribution >= 0.6 is 11.3 Å². The van der Waals surface area contributed by atoms with Gasteiger partial charge in [0.05, 0.1) is 17.1 Å². The number of rotatable bonds is 6. The second-order valence-corrected chi connectivity index (χ2v) is 8.81. The van der Waals surface area contributed by atoms with Crippen LogP contribution in [0, 0.1) is 6.92 Å². The summed E-state index contributed by atoms with van der Waals surface area (Å²) in [7, 11) is 1.91. The molecule has 3 heterocycles. The van der Waals surface area contributed by atoms with Gasteiger partial charge < -0.3 is 5.32 Å². The predicted octanol–water partition coefficient (Wildman–Crippen LogP) is 4.79. The molecule has 5 rings (SSSR count). The summed E-state index contributed by atoms with van der Waals surface area (Å²) in [5, 5.41) is 12.8. The van der Waals surface area contributed by atoms with Gasteiger partial charge in [-0.25, -0.2) is 0 Å². The third-order valence-electron chi connectivity index (χ3n) is 5.55. The number of amides is 1. The van der Waals surface area contributed by atoms with Crippen LogP contribution in [0.2, 0.25) is 0 Å². The van der Waals surface area contributed by atoms with Crippen molar-refractivity contribution in [3.05, 3.63) is 94.8 Å². The van der Waals surface area contributed by atoms with E-state index in [1.807, 2.05) is 53.8 Å². The molecule has 0 bridgehead atoms. The van der Waals surface area contributed by atoms with E-state index in [2.05, 4.69) is 51.9 Å². The molecular weight excluding hydrogens is 418 g/mol. The van der Waals surface area contributed by atoms with Crippen molar-refractivity contribution in [1.29, 1.82) is 0 Å². The molecule has 7 heteroatoms. The van der Waals surface area contributed by atoms with Crippen LogP contribution in [0.15, 0.2) is 73.1 Å². The minimum Gasteiger partial charge on any atom is -0.347 e. The smallest absolute Gasteiger partial charge is 0.261 e. The number of hydrogen-bond acceptors (Lipinski definition) is 4. The molecule has 0 spiro atoms. The maximum Gasteiger partial charge on any atom is 0.261 e. The van der Waals surface area contributed by atoms with Crippen LogP contribution < -0.4 is 5.32 Å². The summed E-state index contributed by atoms with van der Waals surface area (Å²) in [5.41, 5.74) is 5.47. The van der Waals surface area contributed by atoms with E-state index < -0.39 is 0 Å². The molecule has 0 saturated heterocycles. The van der Waals surface area contributed by atoms with Gasteiger partial charge in [-0.05, 0) is 41.3 Å². The standard InChI is InChI=1S/C25H23N5OS/c1-17-22-14-23(32-25(22)29(2)28-17)24(31)26-15-20-6-3-4-7-21(20)19-10-8-18(9-11-19)16-30-13-5-12-27-30/h3-14H,15-16H2,1-2H3,(H,26,31). The number of carbonyl (C=O) groups is 1. The van der Waals surface area contributed by atoms with Gasteiger partial charge >= 0.3 is 0 Å². The zero-order chi connectivity index (χ0) is 22.1. The van der Waals surface area contributed by atoms with Crippen molar-refractivity contribution in [3.63, 3.8) is 0 Å². The number of carbonyl (C=O) groups excluding carboxylic acids is 1. The van der Waals surface area contributed by atoms with E-state index in [4.69, 9.17) is 0 Å². The minimum atomic E-state index is -0.0602. The number of benzene rings is 2. The molecule has 1 N–H and O–H groups in total. The van der Waals surface area contributed by atoms with Crippen LogP contribution in [0.4, 0.5) is 0 Å². The molecule has 32 heavy (non-hydrogen) atoms. The molecule has 0 aliphatic rings. The van der Waals surface area contributed by atoms with E-state index in [-0.39, 0.29) is 5.91 Å². The molecule has 0 aliphatic carbocycles. The maximum atomic E-state index is 12.8. The summed E-state index contributed by atoms with van der Waals surface area (Å²) in [6, 6.07) is 20.6. The van der Waals surface area contributed by atoms with Crippen molar-refractivity contribution >= 4 is 27.5 Å². The summed E-state index contributed by atoms with van der Waals surface area (Å²) in [5.74, 6) is -0.0602. The molecular formula is C25H23N5OS. The SMILES string of the molecule is Cc1nn(C)c2sc(C(=O)NCc3ccccc3-c3ccc(Cn4cccn4)cc3)cc12. The first-order chi connectivity index (χ1) is 15.6. The highest BCUT2D eigenvalue weighted by atomic mass is 32.1. The molecule has 0 unspecified atom stereocenters. The van der Waals surface area contributed by atoms with Crippen LogP contribution in [0.25, 0.3) is 21.3 Å². The normalized spacial score (nSPS) is 11.2. The summed E-state index contributed by atoms with van der Waals surface area (Å²) in [4.78, 5) is 14.5. The number of hydrogen-bond donors (Lipinski definition) is 1. The maximum absolute atomic E-state index is 12.8. The van der Waals surface area contributed by atoms with Gasteiger partial charge in [-0.15, -0.1) is 11.3 Å². The topological polar surface area (TPSA) is 64.7 Å². The van der Waals surface area contributed by atoms with Gasteiger partial charge in [-0.1, -0.05) is 48.5 Å². The average Bonchev–Trinajstić information content (AvgIpc) is 3.53. The van der Waals surface area contributed by atoms with Crippen LogP contribution in [-0.4, -0.2) is 25.5 Å². The Bertz CT molecular complexity index is 1350. The van der Waals surface area contributed by atoms with Crippen molar-refractivity contribution < 1.29 is 4.79 Å². The molecule has 2 aromatic carbocycles. The predicted molar refractivity (Wildman–Crippen MR) is 128 cm³/mol. The molecule has 0 atom stereocenters. The van der Waals surface area contributed by atoms with Gasteiger partial charge in [-0.3, -0.25) is 14.2 Å². The number of fused-ring (bicyclic) bond motifs is 1. The number of nitrogens with zero attached hydrogens (tertiary/aromatic N) is 4. The van der Waals surface area contributed by atoms with Gasteiger partial charge in [-0.2, -0.15) is 10.2 Å². The third-order valence-corrected chi connectivity index (χ3v) is 6.75. The second kappa shape index (κ2) is 8.43. The van der Waals surface area contributed by atoms with Crippen LogP contribution in [0.3, 0.4) is 0 Å². The van der Waals surface area contributed by atoms with E-state index in [0.717, 1.165) is 39.1 Å². The zero-order valence-electron chi connectivity index (χ0n) is 17.9. The molecule has 5 aromatic rings. The number of aromatic nitrogens is 4. The van der Waals surface area contributed by atoms with E-state index in [1.165, 1.54) is 16.9 Å². The Hall–Kier alpha value is -3.71. The minimum absolute atomic E-state index is 0.0602. The van der Waals surface area contributed by atoms with Gasteiger partial charge in [0.2, 0.25) is 0 Å². The number of thiophene rings is 1. The third kappa shape index (κ3) is 3.94. The van der Waals surface area contributed by atoms with Gasteiger partial charge in [0, 0.05) is 31.4 Å². The van der Waals surface area contributed by atoms with Crippen molar-refractivity contribution in [2.24, 2.45) is 7.05 Å². The first-order valence-electron chi connectivity index (χ1n) is 10.4. The molecule has 1 amide bonds. The first kappa shape index (κ1) is 20.2. The highest BCUT2D eigenvalue weighted by Crippen LogP contribution is 2.28. The highest BCUT2D eigenvalue weighted by molar-refractivity contribution is 7.20. The fourth-order valence-corrected chi connectivity index (χ4v) is 4.95. The first-order valence-corrected chi connectivity index (χ1v) is 11.3. The molecule has 0 fully saturated rings. The fourth-order valence-electron chi connectivity index (χ4n) is 3.91. The summed E-state index contributed by atoms with van der Waals surface area (Å²) >= 11 is 1.47. The lowest BCUT2D eigenvalue weighted by atomic mass is 9.98. The Morgan fingerprint density at radius 3 is 2.66 bits per heavy atom. The van der Waals surface area contributed by atoms with Crippen molar-refractivity contribution in [2.75, 3.05) is 0 Å². The Morgan fingerprint density at radius 1 is 1.09 bits per heavy atom. The largest absolute Gasteiger partial charge is 0.347 e. The summed E-state index contributed by atoms with van der Waals surface area (Å²) in [6.45, 7) is 3.18.